The van der Waals surface area contributed by atoms with E-state index >= 15 is 0 Å². The number of likely N-dealkylation sites (tertiary alicyclic amines) is 1. The predicted molar refractivity (Wildman–Crippen MR) is 79.7 cm³/mol. The molecule has 1 aromatic carbocycles. The van der Waals surface area contributed by atoms with Crippen LogP contribution < -0.4 is 0 Å². The number of aryl methyl sites for hydroxylation is 1. The van der Waals surface area contributed by atoms with Gasteiger partial charge in [0, 0.05) is 17.6 Å². The number of rotatable bonds is 2. The molecular weight excluding hydrogens is 322 g/mol. The number of hydrogen-bond acceptors (Lipinski definition) is 2. The highest BCUT2D eigenvalue weighted by atomic mass is 79.9. The number of benzene rings is 1. The fourth-order valence-corrected chi connectivity index (χ4v) is 3.32. The van der Waals surface area contributed by atoms with Crippen molar-refractivity contribution in [3.8, 4) is 0 Å². The molecule has 108 valence electrons. The summed E-state index contributed by atoms with van der Waals surface area (Å²) in [6.45, 7) is 4.86. The number of carbonyl (C=O) groups excluding carboxylic acids is 1. The Hall–Kier alpha value is -1.36. The Bertz CT molecular complexity index is 544. The van der Waals surface area contributed by atoms with E-state index in [0.29, 0.717) is 25.1 Å². The fraction of sp³-hybridized carbons (Fsp3) is 0.467. The Morgan fingerprint density at radius 2 is 2.10 bits per heavy atom. The van der Waals surface area contributed by atoms with E-state index in [-0.39, 0.29) is 17.7 Å². The van der Waals surface area contributed by atoms with Crippen LogP contribution in [0.3, 0.4) is 0 Å². The van der Waals surface area contributed by atoms with Crippen molar-refractivity contribution in [1.29, 1.82) is 0 Å². The van der Waals surface area contributed by atoms with E-state index in [4.69, 9.17) is 5.11 Å². The molecule has 1 aliphatic rings. The van der Waals surface area contributed by atoms with Gasteiger partial charge in [0.2, 0.25) is 0 Å². The van der Waals surface area contributed by atoms with Gasteiger partial charge < -0.3 is 10.0 Å². The number of halogens is 1. The van der Waals surface area contributed by atoms with Crippen LogP contribution in [0.5, 0.6) is 0 Å². The zero-order chi connectivity index (χ0) is 14.9. The number of nitrogens with zero attached hydrogens (tertiary/aromatic N) is 1. The topological polar surface area (TPSA) is 57.6 Å². The molecular formula is C15H18BrNO3. The molecule has 0 aromatic heterocycles. The van der Waals surface area contributed by atoms with E-state index in [0.717, 1.165) is 10.0 Å². The molecule has 2 atom stereocenters. The Morgan fingerprint density at radius 3 is 2.65 bits per heavy atom. The molecule has 1 aromatic rings. The van der Waals surface area contributed by atoms with Gasteiger partial charge in [-0.3, -0.25) is 9.59 Å². The second-order valence-corrected chi connectivity index (χ2v) is 6.30. The summed E-state index contributed by atoms with van der Waals surface area (Å²) in [6, 6.07) is 5.64. The zero-order valence-corrected chi connectivity index (χ0v) is 13.2. The van der Waals surface area contributed by atoms with Crippen LogP contribution in [0, 0.1) is 18.8 Å². The lowest BCUT2D eigenvalue weighted by molar-refractivity contribution is -0.145. The molecule has 0 saturated carbocycles. The largest absolute Gasteiger partial charge is 0.481 e. The Labute approximate surface area is 126 Å². The number of hydrogen-bond donors (Lipinski definition) is 1. The summed E-state index contributed by atoms with van der Waals surface area (Å²) < 4.78 is 0.788. The lowest BCUT2D eigenvalue weighted by Gasteiger charge is -2.35. The Balaban J connectivity index is 2.13. The standard InChI is InChI=1S/C15H18BrNO3/c1-9-3-4-12(13(16)7-9)14(18)17-6-5-11(15(19)20)10(2)8-17/h3-4,7,10-11H,5-6,8H2,1-2H3,(H,19,20). The smallest absolute Gasteiger partial charge is 0.306 e. The summed E-state index contributed by atoms with van der Waals surface area (Å²) in [7, 11) is 0. The number of aliphatic carboxylic acids is 1. The van der Waals surface area contributed by atoms with Crippen molar-refractivity contribution in [2.24, 2.45) is 11.8 Å². The maximum absolute atomic E-state index is 12.5. The van der Waals surface area contributed by atoms with Crippen LogP contribution in [-0.4, -0.2) is 35.0 Å². The molecule has 0 bridgehead atoms. The van der Waals surface area contributed by atoms with Crippen molar-refractivity contribution in [2.75, 3.05) is 13.1 Å². The maximum atomic E-state index is 12.5. The minimum atomic E-state index is -0.763. The lowest BCUT2D eigenvalue weighted by Crippen LogP contribution is -2.45. The van der Waals surface area contributed by atoms with Gasteiger partial charge in [-0.05, 0) is 52.9 Å². The number of carboxylic acid groups (broad SMARTS) is 1. The molecule has 2 unspecified atom stereocenters. The van der Waals surface area contributed by atoms with E-state index in [1.807, 2.05) is 32.0 Å². The molecule has 1 heterocycles. The molecule has 0 spiro atoms. The summed E-state index contributed by atoms with van der Waals surface area (Å²) in [5, 5.41) is 9.11. The highest BCUT2D eigenvalue weighted by Crippen LogP contribution is 2.26. The summed E-state index contributed by atoms with van der Waals surface area (Å²) >= 11 is 3.42. The first-order valence-corrected chi connectivity index (χ1v) is 7.47. The van der Waals surface area contributed by atoms with Gasteiger partial charge in [0.1, 0.15) is 0 Å². The van der Waals surface area contributed by atoms with Gasteiger partial charge in [0.15, 0.2) is 0 Å². The molecule has 1 saturated heterocycles. The lowest BCUT2D eigenvalue weighted by atomic mass is 9.87. The second kappa shape index (κ2) is 5.95. The molecule has 1 N–H and O–H groups in total. The molecule has 4 nitrogen and oxygen atoms in total. The van der Waals surface area contributed by atoms with Gasteiger partial charge in [-0.1, -0.05) is 13.0 Å². The monoisotopic (exact) mass is 339 g/mol. The third-order valence-corrected chi connectivity index (χ3v) is 4.52. The predicted octanol–water partition coefficient (Wildman–Crippen LogP) is 2.94. The first kappa shape index (κ1) is 15.0. The molecule has 1 fully saturated rings. The van der Waals surface area contributed by atoms with Crippen molar-refractivity contribution in [1.82, 2.24) is 4.90 Å². The van der Waals surface area contributed by atoms with Crippen LogP contribution in [0.2, 0.25) is 0 Å². The SMILES string of the molecule is Cc1ccc(C(=O)N2CCC(C(=O)O)C(C)C2)c(Br)c1. The number of carboxylic acids is 1. The zero-order valence-electron chi connectivity index (χ0n) is 11.6. The van der Waals surface area contributed by atoms with E-state index in [2.05, 4.69) is 15.9 Å². The van der Waals surface area contributed by atoms with Crippen LogP contribution in [0.25, 0.3) is 0 Å². The van der Waals surface area contributed by atoms with E-state index in [1.54, 1.807) is 4.90 Å². The first-order chi connectivity index (χ1) is 9.40. The van der Waals surface area contributed by atoms with Gasteiger partial charge in [-0.15, -0.1) is 0 Å². The van der Waals surface area contributed by atoms with Crippen molar-refractivity contribution >= 4 is 27.8 Å². The molecule has 0 radical (unpaired) electrons. The molecule has 1 amide bonds. The number of amides is 1. The van der Waals surface area contributed by atoms with Crippen molar-refractivity contribution in [3.05, 3.63) is 33.8 Å². The highest BCUT2D eigenvalue weighted by Gasteiger charge is 2.33. The first-order valence-electron chi connectivity index (χ1n) is 6.68. The molecule has 2 rings (SSSR count). The third kappa shape index (κ3) is 3.03. The third-order valence-electron chi connectivity index (χ3n) is 3.86. The van der Waals surface area contributed by atoms with Crippen LogP contribution in [0.4, 0.5) is 0 Å². The van der Waals surface area contributed by atoms with Crippen molar-refractivity contribution < 1.29 is 14.7 Å². The number of carbonyl (C=O) groups is 2. The van der Waals surface area contributed by atoms with Crippen LogP contribution in [-0.2, 0) is 4.79 Å². The summed E-state index contributed by atoms with van der Waals surface area (Å²) in [5.41, 5.74) is 1.72. The minimum Gasteiger partial charge on any atom is -0.481 e. The second-order valence-electron chi connectivity index (χ2n) is 5.45. The normalized spacial score (nSPS) is 22.6. The van der Waals surface area contributed by atoms with Gasteiger partial charge in [0.25, 0.3) is 5.91 Å². The van der Waals surface area contributed by atoms with E-state index < -0.39 is 5.97 Å². The minimum absolute atomic E-state index is 0.0191. The van der Waals surface area contributed by atoms with Crippen LogP contribution in [0.1, 0.15) is 29.3 Å². The summed E-state index contributed by atoms with van der Waals surface area (Å²) in [5.74, 6) is -1.16. The maximum Gasteiger partial charge on any atom is 0.306 e. The quantitative estimate of drug-likeness (QED) is 0.901. The van der Waals surface area contributed by atoms with Gasteiger partial charge in [-0.25, -0.2) is 0 Å². The van der Waals surface area contributed by atoms with Gasteiger partial charge >= 0.3 is 5.97 Å². The van der Waals surface area contributed by atoms with E-state index in [9.17, 15) is 9.59 Å². The average molecular weight is 340 g/mol. The van der Waals surface area contributed by atoms with Crippen LogP contribution in [0.15, 0.2) is 22.7 Å². The Kier molecular flexibility index (Phi) is 4.48. The van der Waals surface area contributed by atoms with E-state index in [1.165, 1.54) is 0 Å². The van der Waals surface area contributed by atoms with Crippen LogP contribution >= 0.6 is 15.9 Å². The number of piperidine rings is 1. The molecule has 5 heteroatoms. The van der Waals surface area contributed by atoms with Crippen molar-refractivity contribution in [3.63, 3.8) is 0 Å². The summed E-state index contributed by atoms with van der Waals surface area (Å²) in [4.78, 5) is 25.3. The van der Waals surface area contributed by atoms with Gasteiger partial charge in [0.05, 0.1) is 11.5 Å². The Morgan fingerprint density at radius 1 is 1.40 bits per heavy atom. The fourth-order valence-electron chi connectivity index (χ4n) is 2.66. The molecule has 1 aliphatic heterocycles. The average Bonchev–Trinajstić information content (AvgIpc) is 2.37. The summed E-state index contributed by atoms with van der Waals surface area (Å²) in [6.07, 6.45) is 0.520. The van der Waals surface area contributed by atoms with Crippen molar-refractivity contribution in [2.45, 2.75) is 20.3 Å². The molecule has 20 heavy (non-hydrogen) atoms. The highest BCUT2D eigenvalue weighted by molar-refractivity contribution is 9.10. The molecule has 0 aliphatic carbocycles. The van der Waals surface area contributed by atoms with Gasteiger partial charge in [-0.2, -0.15) is 0 Å².